The molecular weight excluding hydrogens is 292 g/mol. The fraction of sp³-hybridized carbons (Fsp3) is 0.455. The summed E-state index contributed by atoms with van der Waals surface area (Å²) in [6.45, 7) is 1.30. The highest BCUT2D eigenvalue weighted by Gasteiger charge is 2.38. The van der Waals surface area contributed by atoms with Crippen LogP contribution in [0.4, 0.5) is 26.3 Å². The third-order valence-electron chi connectivity index (χ3n) is 2.28. The second-order valence-corrected chi connectivity index (χ2v) is 3.63. The van der Waals surface area contributed by atoms with Crippen molar-refractivity contribution in [1.82, 2.24) is 4.98 Å². The molecule has 1 aromatic heterocycles. The van der Waals surface area contributed by atoms with Crippen molar-refractivity contribution < 1.29 is 35.9 Å². The Kier molecular flexibility index (Phi) is 4.96. The molecule has 20 heavy (non-hydrogen) atoms. The molecule has 0 saturated carbocycles. The van der Waals surface area contributed by atoms with Crippen LogP contribution in [-0.4, -0.2) is 17.6 Å². The number of esters is 1. The van der Waals surface area contributed by atoms with Gasteiger partial charge in [0, 0.05) is 17.3 Å². The van der Waals surface area contributed by atoms with Gasteiger partial charge in [-0.15, -0.1) is 0 Å². The maximum Gasteiger partial charge on any atom is 0.436 e. The Hall–Kier alpha value is -1.80. The van der Waals surface area contributed by atoms with E-state index in [1.54, 1.807) is 0 Å². The minimum atomic E-state index is -5.14. The van der Waals surface area contributed by atoms with Crippen LogP contribution in [0.3, 0.4) is 0 Å². The highest BCUT2D eigenvalue weighted by atomic mass is 19.4. The van der Waals surface area contributed by atoms with Gasteiger partial charge in [-0.1, -0.05) is 0 Å². The van der Waals surface area contributed by atoms with E-state index in [4.69, 9.17) is 0 Å². The summed E-state index contributed by atoms with van der Waals surface area (Å²) in [5, 5.41) is 0. The molecule has 3 nitrogen and oxygen atoms in total. The molecule has 0 bridgehead atoms. The van der Waals surface area contributed by atoms with Gasteiger partial charge in [0.2, 0.25) is 0 Å². The van der Waals surface area contributed by atoms with Crippen molar-refractivity contribution in [2.45, 2.75) is 25.9 Å². The standard InChI is InChI=1S/C11H9F6NO2/c1-2-20-7(19)3-5-6(10(13)14)4-18-9(8(5)12)11(15,16)17/h4,10H,2-3H2,1H3. The molecule has 0 aliphatic carbocycles. The fourth-order valence-corrected chi connectivity index (χ4v) is 1.46. The number of aromatic nitrogens is 1. The van der Waals surface area contributed by atoms with Crippen molar-refractivity contribution >= 4 is 5.97 Å². The molecular formula is C11H9F6NO2. The maximum absolute atomic E-state index is 13.7. The summed E-state index contributed by atoms with van der Waals surface area (Å²) in [6, 6.07) is 0. The zero-order valence-corrected chi connectivity index (χ0v) is 10.1. The minimum Gasteiger partial charge on any atom is -0.466 e. The molecule has 0 radical (unpaired) electrons. The van der Waals surface area contributed by atoms with Gasteiger partial charge in [-0.3, -0.25) is 4.79 Å². The van der Waals surface area contributed by atoms with Crippen molar-refractivity contribution in [2.24, 2.45) is 0 Å². The van der Waals surface area contributed by atoms with E-state index in [1.807, 2.05) is 0 Å². The number of alkyl halides is 5. The SMILES string of the molecule is CCOC(=O)Cc1c(C(F)F)cnc(C(F)(F)F)c1F. The summed E-state index contributed by atoms with van der Waals surface area (Å²) in [4.78, 5) is 13.8. The Labute approximate surface area is 109 Å². The van der Waals surface area contributed by atoms with Crippen molar-refractivity contribution in [1.29, 1.82) is 0 Å². The fourth-order valence-electron chi connectivity index (χ4n) is 1.46. The highest BCUT2D eigenvalue weighted by Crippen LogP contribution is 2.34. The normalized spacial score (nSPS) is 11.8. The third-order valence-corrected chi connectivity index (χ3v) is 2.28. The largest absolute Gasteiger partial charge is 0.466 e. The summed E-state index contributed by atoms with van der Waals surface area (Å²) in [6.07, 6.45) is -9.21. The molecule has 112 valence electrons. The van der Waals surface area contributed by atoms with Gasteiger partial charge < -0.3 is 4.74 Å². The molecule has 0 amide bonds. The first-order valence-electron chi connectivity index (χ1n) is 5.36. The topological polar surface area (TPSA) is 39.2 Å². The molecule has 0 N–H and O–H groups in total. The molecule has 9 heteroatoms. The van der Waals surface area contributed by atoms with E-state index in [1.165, 1.54) is 6.92 Å². The summed E-state index contributed by atoms with van der Waals surface area (Å²) < 4.78 is 80.7. The van der Waals surface area contributed by atoms with Gasteiger partial charge in [-0.05, 0) is 6.92 Å². The first kappa shape index (κ1) is 16.3. The van der Waals surface area contributed by atoms with Crippen molar-refractivity contribution in [3.63, 3.8) is 0 Å². The number of carbonyl (C=O) groups is 1. The van der Waals surface area contributed by atoms with Crippen LogP contribution in [0.15, 0.2) is 6.20 Å². The van der Waals surface area contributed by atoms with Gasteiger partial charge in [0.05, 0.1) is 13.0 Å². The smallest absolute Gasteiger partial charge is 0.436 e. The van der Waals surface area contributed by atoms with E-state index in [0.29, 0.717) is 0 Å². The summed E-state index contributed by atoms with van der Waals surface area (Å²) in [5.74, 6) is -3.09. The minimum absolute atomic E-state index is 0.109. The maximum atomic E-state index is 13.7. The zero-order valence-electron chi connectivity index (χ0n) is 10.1. The molecule has 0 aliphatic rings. The van der Waals surface area contributed by atoms with Gasteiger partial charge >= 0.3 is 12.1 Å². The highest BCUT2D eigenvalue weighted by molar-refractivity contribution is 5.73. The van der Waals surface area contributed by atoms with Gasteiger partial charge in [0.15, 0.2) is 11.5 Å². The predicted molar refractivity (Wildman–Crippen MR) is 54.5 cm³/mol. The van der Waals surface area contributed by atoms with E-state index >= 15 is 0 Å². The van der Waals surface area contributed by atoms with E-state index in [0.717, 1.165) is 0 Å². The van der Waals surface area contributed by atoms with Crippen molar-refractivity contribution in [3.05, 3.63) is 28.8 Å². The Morgan fingerprint density at radius 2 is 2.00 bits per heavy atom. The number of ether oxygens (including phenoxy) is 1. The molecule has 1 rings (SSSR count). The van der Waals surface area contributed by atoms with Crippen LogP contribution in [0.2, 0.25) is 0 Å². The van der Waals surface area contributed by atoms with Gasteiger partial charge in [-0.2, -0.15) is 13.2 Å². The second kappa shape index (κ2) is 6.10. The molecule has 0 unspecified atom stereocenters. The number of carbonyl (C=O) groups excluding carboxylic acids is 1. The number of halogens is 6. The summed E-state index contributed by atoms with van der Waals surface area (Å²) in [5.41, 5.74) is -4.06. The molecule has 0 atom stereocenters. The molecule has 1 heterocycles. The molecule has 0 saturated heterocycles. The van der Waals surface area contributed by atoms with E-state index < -0.39 is 47.6 Å². The first-order valence-corrected chi connectivity index (χ1v) is 5.36. The van der Waals surface area contributed by atoms with E-state index in [9.17, 15) is 31.1 Å². The first-order chi connectivity index (χ1) is 9.18. The van der Waals surface area contributed by atoms with Crippen LogP contribution in [0.5, 0.6) is 0 Å². The summed E-state index contributed by atoms with van der Waals surface area (Å²) >= 11 is 0. The van der Waals surface area contributed by atoms with Crippen molar-refractivity contribution in [2.75, 3.05) is 6.61 Å². The molecule has 0 aromatic carbocycles. The van der Waals surface area contributed by atoms with Crippen LogP contribution < -0.4 is 0 Å². The number of nitrogens with zero attached hydrogens (tertiary/aromatic N) is 1. The van der Waals surface area contributed by atoms with E-state index in [-0.39, 0.29) is 12.8 Å². The number of pyridine rings is 1. The van der Waals surface area contributed by atoms with Crippen LogP contribution in [0, 0.1) is 5.82 Å². The summed E-state index contributed by atoms with van der Waals surface area (Å²) in [7, 11) is 0. The van der Waals surface area contributed by atoms with E-state index in [2.05, 4.69) is 9.72 Å². The van der Waals surface area contributed by atoms with Crippen LogP contribution in [0.25, 0.3) is 0 Å². The van der Waals surface area contributed by atoms with Crippen LogP contribution in [-0.2, 0) is 22.1 Å². The monoisotopic (exact) mass is 301 g/mol. The van der Waals surface area contributed by atoms with Gasteiger partial charge in [0.1, 0.15) is 0 Å². The molecule has 0 spiro atoms. The van der Waals surface area contributed by atoms with Crippen LogP contribution in [0.1, 0.15) is 30.2 Å². The Bertz CT molecular complexity index is 500. The lowest BCUT2D eigenvalue weighted by Crippen LogP contribution is -2.18. The molecule has 0 fully saturated rings. The zero-order chi connectivity index (χ0) is 15.5. The average Bonchev–Trinajstić information content (AvgIpc) is 2.29. The number of rotatable bonds is 4. The lowest BCUT2D eigenvalue weighted by Gasteiger charge is -2.13. The lowest BCUT2D eigenvalue weighted by atomic mass is 10.0. The van der Waals surface area contributed by atoms with Gasteiger partial charge in [0.25, 0.3) is 6.43 Å². The average molecular weight is 301 g/mol. The quantitative estimate of drug-likeness (QED) is 0.633. The Balaban J connectivity index is 3.32. The van der Waals surface area contributed by atoms with Crippen molar-refractivity contribution in [3.8, 4) is 0 Å². The molecule has 1 aromatic rings. The number of hydrogen-bond acceptors (Lipinski definition) is 3. The lowest BCUT2D eigenvalue weighted by molar-refractivity contribution is -0.145. The predicted octanol–water partition coefficient (Wildman–Crippen LogP) is 3.28. The van der Waals surface area contributed by atoms with Crippen LogP contribution >= 0.6 is 0 Å². The third kappa shape index (κ3) is 3.61. The Morgan fingerprint density at radius 3 is 2.45 bits per heavy atom. The molecule has 0 aliphatic heterocycles. The number of hydrogen-bond donors (Lipinski definition) is 0. The van der Waals surface area contributed by atoms with Gasteiger partial charge in [-0.25, -0.2) is 18.2 Å². The second-order valence-electron chi connectivity index (χ2n) is 3.63. The Morgan fingerprint density at radius 1 is 1.40 bits per heavy atom.